The summed E-state index contributed by atoms with van der Waals surface area (Å²) in [6, 6.07) is 16.8. The van der Waals surface area contributed by atoms with Crippen LogP contribution in [-0.2, 0) is 25.7 Å². The van der Waals surface area contributed by atoms with Crippen molar-refractivity contribution in [1.29, 1.82) is 0 Å². The summed E-state index contributed by atoms with van der Waals surface area (Å²) < 4.78 is 6.52. The highest BCUT2D eigenvalue weighted by Crippen LogP contribution is 2.55. The molecule has 46 heavy (non-hydrogen) atoms. The van der Waals surface area contributed by atoms with Crippen molar-refractivity contribution in [3.05, 3.63) is 77.3 Å². The zero-order valence-electron chi connectivity index (χ0n) is 26.3. The highest BCUT2D eigenvalue weighted by molar-refractivity contribution is 6.30. The number of nitrogens with one attached hydrogen (secondary N) is 2. The maximum Gasteiger partial charge on any atom is 0.246 e. The molecule has 4 aliphatic heterocycles. The van der Waals surface area contributed by atoms with Gasteiger partial charge in [0.25, 0.3) is 0 Å². The van der Waals surface area contributed by atoms with Crippen LogP contribution in [0.25, 0.3) is 0 Å². The van der Waals surface area contributed by atoms with Gasteiger partial charge in [0.05, 0.1) is 17.9 Å². The lowest BCUT2D eigenvalue weighted by Gasteiger charge is -2.36. The van der Waals surface area contributed by atoms with Gasteiger partial charge in [0.15, 0.2) is 0 Å². The molecule has 3 amide bonds. The second-order valence-corrected chi connectivity index (χ2v) is 14.0. The number of likely N-dealkylation sites (tertiary alicyclic amines) is 1. The van der Waals surface area contributed by atoms with Crippen LogP contribution in [0.5, 0.6) is 0 Å². The summed E-state index contributed by atoms with van der Waals surface area (Å²) in [6.07, 6.45) is 9.20. The summed E-state index contributed by atoms with van der Waals surface area (Å²) in [5.41, 5.74) is 0.742. The molecule has 2 N–H and O–H groups in total. The van der Waals surface area contributed by atoms with Crippen LogP contribution in [0.4, 0.5) is 5.69 Å². The number of nitrogens with zero attached hydrogens (tertiary/aromatic N) is 3. The molecule has 1 aliphatic carbocycles. The van der Waals surface area contributed by atoms with Gasteiger partial charge in [-0.1, -0.05) is 79.4 Å². The molecule has 0 unspecified atom stereocenters. The third-order valence-corrected chi connectivity index (χ3v) is 10.8. The monoisotopic (exact) mass is 645 g/mol. The average Bonchev–Trinajstić information content (AvgIpc) is 3.70. The Morgan fingerprint density at radius 2 is 1.67 bits per heavy atom. The number of fused-ring (bicyclic) bond motifs is 1. The van der Waals surface area contributed by atoms with Crippen LogP contribution in [0.3, 0.4) is 0 Å². The first-order valence-electron chi connectivity index (χ1n) is 16.9. The van der Waals surface area contributed by atoms with Crippen molar-refractivity contribution in [2.45, 2.75) is 68.9 Å². The Bertz CT molecular complexity index is 1460. The van der Waals surface area contributed by atoms with Gasteiger partial charge < -0.3 is 25.2 Å². The van der Waals surface area contributed by atoms with Gasteiger partial charge in [0, 0.05) is 56.0 Å². The predicted molar refractivity (Wildman–Crippen MR) is 177 cm³/mol. The van der Waals surface area contributed by atoms with Crippen molar-refractivity contribution in [2.24, 2.45) is 11.8 Å². The molecule has 1 spiro atoms. The van der Waals surface area contributed by atoms with Crippen LogP contribution < -0.4 is 10.6 Å². The molecule has 4 fully saturated rings. The Balaban J connectivity index is 1.04. The first kappa shape index (κ1) is 31.4. The number of amides is 3. The number of anilines is 1. The highest BCUT2D eigenvalue weighted by Gasteiger charge is 2.72. The molecule has 244 valence electrons. The summed E-state index contributed by atoms with van der Waals surface area (Å²) in [7, 11) is 0. The van der Waals surface area contributed by atoms with Crippen molar-refractivity contribution < 1.29 is 19.1 Å². The smallest absolute Gasteiger partial charge is 0.246 e. The molecule has 2 bridgehead atoms. The van der Waals surface area contributed by atoms with Crippen molar-refractivity contribution in [2.75, 3.05) is 44.6 Å². The minimum absolute atomic E-state index is 0.102. The maximum absolute atomic E-state index is 14.3. The topological polar surface area (TPSA) is 94.2 Å². The Morgan fingerprint density at radius 3 is 2.43 bits per heavy atom. The molecule has 9 nitrogen and oxygen atoms in total. The molecular formula is C36H44ClN5O4. The molecule has 4 heterocycles. The molecule has 2 aromatic rings. The summed E-state index contributed by atoms with van der Waals surface area (Å²) in [4.78, 5) is 48.8. The van der Waals surface area contributed by atoms with E-state index >= 15 is 0 Å². The van der Waals surface area contributed by atoms with Crippen molar-refractivity contribution >= 4 is 35.0 Å². The van der Waals surface area contributed by atoms with Crippen LogP contribution in [0, 0.1) is 11.8 Å². The van der Waals surface area contributed by atoms with E-state index in [4.69, 9.17) is 16.3 Å². The standard InChI is InChI=1S/C36H44ClN5O4/c37-26-11-7-14-28(23-26)39-33(43)30-29-15-16-36(46-29)31(30)35(45)42(32(36)34(44)38-27-12-5-2-6-13-27)18-8-17-40-19-21-41(22-20-40)24-25-9-3-1-4-10-25/h1,3-4,7,9-11,14-16,23,27,29-32H,2,5-6,8,12-13,17-22,24H2,(H,38,44)(H,39,43)/t29-,30-,31-,32-,36-/m1/s1. The second-order valence-electron chi connectivity index (χ2n) is 13.5. The van der Waals surface area contributed by atoms with E-state index < -0.39 is 29.6 Å². The van der Waals surface area contributed by atoms with E-state index in [-0.39, 0.29) is 23.8 Å². The fourth-order valence-electron chi connectivity index (χ4n) is 8.30. The number of carbonyl (C=O) groups is 3. The molecule has 5 aliphatic rings. The number of ether oxygens (including phenoxy) is 1. The molecular weight excluding hydrogens is 602 g/mol. The molecule has 0 aromatic heterocycles. The zero-order valence-corrected chi connectivity index (χ0v) is 27.0. The van der Waals surface area contributed by atoms with Crippen LogP contribution in [0.2, 0.25) is 5.02 Å². The number of hydrogen-bond donors (Lipinski definition) is 2. The van der Waals surface area contributed by atoms with E-state index in [2.05, 4.69) is 44.7 Å². The lowest BCUT2D eigenvalue weighted by atomic mass is 9.74. The lowest BCUT2D eigenvalue weighted by Crippen LogP contribution is -2.56. The Morgan fingerprint density at radius 1 is 0.913 bits per heavy atom. The quantitative estimate of drug-likeness (QED) is 0.378. The Kier molecular flexibility index (Phi) is 9.19. The van der Waals surface area contributed by atoms with Crippen LogP contribution in [-0.4, -0.2) is 95.5 Å². The molecule has 5 atom stereocenters. The summed E-state index contributed by atoms with van der Waals surface area (Å²) in [5, 5.41) is 6.74. The Labute approximate surface area is 276 Å². The minimum Gasteiger partial charge on any atom is -0.359 e. The highest BCUT2D eigenvalue weighted by atomic mass is 35.5. The van der Waals surface area contributed by atoms with Crippen molar-refractivity contribution in [1.82, 2.24) is 20.0 Å². The first-order chi connectivity index (χ1) is 22.4. The number of rotatable bonds is 10. The lowest BCUT2D eigenvalue weighted by molar-refractivity contribution is -0.141. The van der Waals surface area contributed by atoms with Gasteiger partial charge in [0.2, 0.25) is 17.7 Å². The molecule has 3 saturated heterocycles. The number of piperazine rings is 1. The largest absolute Gasteiger partial charge is 0.359 e. The average molecular weight is 646 g/mol. The van der Waals surface area contributed by atoms with E-state index in [0.717, 1.165) is 71.4 Å². The van der Waals surface area contributed by atoms with Gasteiger partial charge >= 0.3 is 0 Å². The summed E-state index contributed by atoms with van der Waals surface area (Å²) >= 11 is 6.16. The number of hydrogen-bond acceptors (Lipinski definition) is 6. The Hall–Kier alpha value is -3.24. The molecule has 1 saturated carbocycles. The van der Waals surface area contributed by atoms with Gasteiger partial charge in [-0.15, -0.1) is 0 Å². The van der Waals surface area contributed by atoms with E-state index in [1.807, 2.05) is 18.2 Å². The van der Waals surface area contributed by atoms with Gasteiger partial charge in [0.1, 0.15) is 11.6 Å². The van der Waals surface area contributed by atoms with Crippen molar-refractivity contribution in [3.8, 4) is 0 Å². The normalized spacial score (nSPS) is 29.7. The second kappa shape index (κ2) is 13.5. The summed E-state index contributed by atoms with van der Waals surface area (Å²) in [5.74, 6) is -2.12. The number of benzene rings is 2. The third kappa shape index (κ3) is 6.22. The zero-order chi connectivity index (χ0) is 31.7. The van der Waals surface area contributed by atoms with Gasteiger partial charge in [-0.05, 0) is 49.6 Å². The SMILES string of the molecule is O=C(Nc1cccc(Cl)c1)[C@@H]1[C@H]2C=C[C@@]3(O2)[C@H]1C(=O)N(CCCN1CCN(Cc2ccccc2)CC1)[C@@H]3C(=O)NC1CCCCC1. The third-order valence-electron chi connectivity index (χ3n) is 10.6. The summed E-state index contributed by atoms with van der Waals surface area (Å²) in [6.45, 7) is 6.18. The van der Waals surface area contributed by atoms with E-state index in [1.54, 1.807) is 29.2 Å². The van der Waals surface area contributed by atoms with Gasteiger partial charge in [-0.2, -0.15) is 0 Å². The van der Waals surface area contributed by atoms with Crippen LogP contribution in [0.15, 0.2) is 66.7 Å². The van der Waals surface area contributed by atoms with E-state index in [9.17, 15) is 14.4 Å². The molecule has 0 radical (unpaired) electrons. The molecule has 7 rings (SSSR count). The van der Waals surface area contributed by atoms with Gasteiger partial charge in [-0.3, -0.25) is 19.3 Å². The fraction of sp³-hybridized carbons (Fsp3) is 0.528. The fourth-order valence-corrected chi connectivity index (χ4v) is 8.49. The van der Waals surface area contributed by atoms with E-state index in [0.29, 0.717) is 17.3 Å². The predicted octanol–water partition coefficient (Wildman–Crippen LogP) is 4.09. The molecule has 2 aromatic carbocycles. The first-order valence-corrected chi connectivity index (χ1v) is 17.3. The van der Waals surface area contributed by atoms with Crippen LogP contribution in [0.1, 0.15) is 44.1 Å². The van der Waals surface area contributed by atoms with Gasteiger partial charge in [-0.25, -0.2) is 0 Å². The van der Waals surface area contributed by atoms with Crippen molar-refractivity contribution in [3.63, 3.8) is 0 Å². The maximum atomic E-state index is 14.3. The number of carbonyl (C=O) groups excluding carboxylic acids is 3. The minimum atomic E-state index is -1.15. The molecule has 10 heteroatoms. The van der Waals surface area contributed by atoms with Crippen LogP contribution >= 0.6 is 11.6 Å². The van der Waals surface area contributed by atoms with E-state index in [1.165, 1.54) is 12.0 Å². The number of halogens is 1.